The van der Waals surface area contributed by atoms with E-state index >= 15 is 0 Å². The smallest absolute Gasteiger partial charge is 0.332 e. The van der Waals surface area contributed by atoms with Crippen LogP contribution in [-0.2, 0) is 17.9 Å². The third-order valence-corrected chi connectivity index (χ3v) is 4.91. The summed E-state index contributed by atoms with van der Waals surface area (Å²) in [6.07, 6.45) is 3.26. The van der Waals surface area contributed by atoms with Crippen LogP contribution in [0.1, 0.15) is 40.0 Å². The molecule has 30 heavy (non-hydrogen) atoms. The minimum atomic E-state index is -0.375. The number of H-pyrrole nitrogens is 1. The van der Waals surface area contributed by atoms with E-state index in [1.807, 2.05) is 13.8 Å². The van der Waals surface area contributed by atoms with E-state index in [0.717, 1.165) is 12.1 Å². The van der Waals surface area contributed by atoms with Crippen LogP contribution in [-0.4, -0.2) is 35.7 Å². The molecule has 4 heterocycles. The number of fused-ring (bicyclic) bond motifs is 1. The van der Waals surface area contributed by atoms with Crippen LogP contribution in [0.2, 0.25) is 0 Å². The first-order valence-electron chi connectivity index (χ1n) is 10.0. The van der Waals surface area contributed by atoms with Gasteiger partial charge in [0, 0.05) is 30.6 Å². The molecule has 0 atom stereocenters. The number of aromatic nitrogens is 5. The van der Waals surface area contributed by atoms with Gasteiger partial charge in [0.2, 0.25) is 0 Å². The highest BCUT2D eigenvalue weighted by molar-refractivity contribution is 6.11. The Morgan fingerprint density at radius 3 is 2.40 bits per heavy atom. The zero-order valence-corrected chi connectivity index (χ0v) is 17.2. The van der Waals surface area contributed by atoms with Crippen LogP contribution in [0.3, 0.4) is 0 Å². The Hall–Kier alpha value is -3.56. The van der Waals surface area contributed by atoms with Crippen molar-refractivity contribution in [1.82, 2.24) is 24.1 Å². The molecule has 4 rings (SSSR count). The maximum Gasteiger partial charge on any atom is 0.332 e. The number of hydrogen-bond donors (Lipinski definition) is 1. The van der Waals surface area contributed by atoms with Crippen molar-refractivity contribution < 1.29 is 4.79 Å². The fourth-order valence-corrected chi connectivity index (χ4v) is 3.54. The Labute approximate surface area is 171 Å². The fraction of sp³-hybridized carbons (Fsp3) is 0.400. The summed E-state index contributed by atoms with van der Waals surface area (Å²) in [7, 11) is 0. The average Bonchev–Trinajstić information content (AvgIpc) is 3.32. The maximum absolute atomic E-state index is 12.8. The Morgan fingerprint density at radius 2 is 1.80 bits per heavy atom. The van der Waals surface area contributed by atoms with Crippen LogP contribution in [0, 0.1) is 0 Å². The number of nitrogens with zero attached hydrogens (tertiary/aromatic N) is 6. The van der Waals surface area contributed by atoms with E-state index in [9.17, 15) is 14.4 Å². The van der Waals surface area contributed by atoms with Crippen LogP contribution < -0.4 is 16.3 Å². The SMILES string of the molecule is CCCn1c(=O)c2[nH]c(-c3ccc(N4N=C(C)CC4=O)nc3)nc2n(CCC)c1=O. The van der Waals surface area contributed by atoms with E-state index in [2.05, 4.69) is 20.1 Å². The van der Waals surface area contributed by atoms with E-state index in [1.165, 1.54) is 14.1 Å². The number of aromatic amines is 1. The molecule has 0 unspecified atom stereocenters. The van der Waals surface area contributed by atoms with Gasteiger partial charge in [0.1, 0.15) is 11.3 Å². The predicted octanol–water partition coefficient (Wildman–Crippen LogP) is 1.88. The highest BCUT2D eigenvalue weighted by Gasteiger charge is 2.24. The van der Waals surface area contributed by atoms with E-state index < -0.39 is 0 Å². The molecule has 0 saturated heterocycles. The summed E-state index contributed by atoms with van der Waals surface area (Å²) in [5.74, 6) is 0.730. The van der Waals surface area contributed by atoms with Gasteiger partial charge < -0.3 is 4.98 Å². The van der Waals surface area contributed by atoms with Crippen molar-refractivity contribution >= 4 is 28.6 Å². The van der Waals surface area contributed by atoms with Gasteiger partial charge in [-0.15, -0.1) is 0 Å². The second-order valence-electron chi connectivity index (χ2n) is 7.30. The van der Waals surface area contributed by atoms with Gasteiger partial charge in [-0.2, -0.15) is 10.1 Å². The molecule has 0 aliphatic carbocycles. The molecule has 0 bridgehead atoms. The van der Waals surface area contributed by atoms with Crippen molar-refractivity contribution in [3.05, 3.63) is 39.2 Å². The Morgan fingerprint density at radius 1 is 1.07 bits per heavy atom. The van der Waals surface area contributed by atoms with Crippen molar-refractivity contribution in [2.24, 2.45) is 5.10 Å². The van der Waals surface area contributed by atoms with Crippen LogP contribution >= 0.6 is 0 Å². The largest absolute Gasteiger partial charge is 0.332 e. The van der Waals surface area contributed by atoms with Crippen LogP contribution in [0.5, 0.6) is 0 Å². The lowest BCUT2D eigenvalue weighted by Gasteiger charge is -2.10. The summed E-state index contributed by atoms with van der Waals surface area (Å²) in [6, 6.07) is 3.43. The van der Waals surface area contributed by atoms with Crippen molar-refractivity contribution in [1.29, 1.82) is 0 Å². The van der Waals surface area contributed by atoms with Crippen LogP contribution in [0.15, 0.2) is 33.0 Å². The van der Waals surface area contributed by atoms with Gasteiger partial charge in [0.05, 0.1) is 6.42 Å². The molecule has 0 saturated carbocycles. The zero-order valence-electron chi connectivity index (χ0n) is 17.2. The number of nitrogens with one attached hydrogen (secondary N) is 1. The number of carbonyl (C=O) groups is 1. The maximum atomic E-state index is 12.8. The van der Waals surface area contributed by atoms with Gasteiger partial charge in [0.25, 0.3) is 11.5 Å². The number of amides is 1. The highest BCUT2D eigenvalue weighted by Crippen LogP contribution is 2.22. The molecule has 1 aliphatic rings. The third kappa shape index (κ3) is 3.23. The van der Waals surface area contributed by atoms with E-state index in [4.69, 9.17) is 0 Å². The monoisotopic (exact) mass is 409 g/mol. The van der Waals surface area contributed by atoms with Gasteiger partial charge in [0.15, 0.2) is 11.5 Å². The highest BCUT2D eigenvalue weighted by atomic mass is 16.2. The zero-order chi connectivity index (χ0) is 21.4. The summed E-state index contributed by atoms with van der Waals surface area (Å²) in [5.41, 5.74) is 1.29. The first kappa shape index (κ1) is 19.7. The number of hydrazone groups is 1. The molecule has 3 aromatic rings. The number of pyridine rings is 1. The lowest BCUT2D eigenvalue weighted by Crippen LogP contribution is -2.40. The lowest BCUT2D eigenvalue weighted by molar-refractivity contribution is -0.116. The minimum absolute atomic E-state index is 0.128. The number of aryl methyl sites for hydroxylation is 1. The fourth-order valence-electron chi connectivity index (χ4n) is 3.54. The first-order valence-corrected chi connectivity index (χ1v) is 10.0. The van der Waals surface area contributed by atoms with Crippen molar-refractivity contribution in [2.45, 2.75) is 53.1 Å². The van der Waals surface area contributed by atoms with Crippen molar-refractivity contribution in [3.8, 4) is 11.4 Å². The average molecular weight is 409 g/mol. The topological polar surface area (TPSA) is 118 Å². The molecule has 3 aromatic heterocycles. The molecule has 10 nitrogen and oxygen atoms in total. The predicted molar refractivity (Wildman–Crippen MR) is 114 cm³/mol. The molecule has 0 spiro atoms. The molecular weight excluding hydrogens is 386 g/mol. The lowest BCUT2D eigenvalue weighted by atomic mass is 10.2. The number of anilines is 1. The van der Waals surface area contributed by atoms with E-state index in [1.54, 1.807) is 25.3 Å². The summed E-state index contributed by atoms with van der Waals surface area (Å²) in [5, 5.41) is 5.47. The number of imidazole rings is 1. The second-order valence-corrected chi connectivity index (χ2v) is 7.30. The van der Waals surface area contributed by atoms with Gasteiger partial charge in [-0.3, -0.25) is 18.7 Å². The molecule has 0 radical (unpaired) electrons. The van der Waals surface area contributed by atoms with Gasteiger partial charge in [-0.25, -0.2) is 14.8 Å². The molecule has 0 aromatic carbocycles. The van der Waals surface area contributed by atoms with Crippen molar-refractivity contribution in [2.75, 3.05) is 5.01 Å². The minimum Gasteiger partial charge on any atom is -0.332 e. The summed E-state index contributed by atoms with van der Waals surface area (Å²) < 4.78 is 2.79. The summed E-state index contributed by atoms with van der Waals surface area (Å²) in [6.45, 7) is 6.50. The molecular formula is C20H23N7O3. The summed E-state index contributed by atoms with van der Waals surface area (Å²) >= 11 is 0. The second kappa shape index (κ2) is 7.69. The first-order chi connectivity index (χ1) is 14.4. The molecule has 1 N–H and O–H groups in total. The molecule has 1 amide bonds. The number of hydrogen-bond acceptors (Lipinski definition) is 6. The Balaban J connectivity index is 1.79. The number of carbonyl (C=O) groups excluding carboxylic acids is 1. The van der Waals surface area contributed by atoms with Gasteiger partial charge in [-0.05, 0) is 31.9 Å². The van der Waals surface area contributed by atoms with Gasteiger partial charge >= 0.3 is 5.69 Å². The van der Waals surface area contributed by atoms with Crippen LogP contribution in [0.25, 0.3) is 22.6 Å². The van der Waals surface area contributed by atoms with Gasteiger partial charge in [-0.1, -0.05) is 13.8 Å². The Kier molecular flexibility index (Phi) is 5.06. The van der Waals surface area contributed by atoms with E-state index in [-0.39, 0.29) is 23.6 Å². The van der Waals surface area contributed by atoms with Crippen LogP contribution in [0.4, 0.5) is 5.82 Å². The Bertz CT molecular complexity index is 1260. The quantitative estimate of drug-likeness (QED) is 0.667. The molecule has 1 aliphatic heterocycles. The molecule has 10 heteroatoms. The number of rotatable bonds is 6. The van der Waals surface area contributed by atoms with Crippen molar-refractivity contribution in [3.63, 3.8) is 0 Å². The molecule has 0 fully saturated rings. The normalized spacial score (nSPS) is 14.0. The van der Waals surface area contributed by atoms with E-state index in [0.29, 0.717) is 47.9 Å². The standard InChI is InChI=1S/C20H23N7O3/c1-4-8-25-18-16(19(29)26(9-5-2)20(25)30)22-17(23-18)13-6-7-14(21-11-13)27-15(28)10-12(3)24-27/h6-7,11H,4-5,8-10H2,1-3H3,(H,22,23). The molecule has 156 valence electrons. The summed E-state index contributed by atoms with van der Waals surface area (Å²) in [4.78, 5) is 49.5. The third-order valence-electron chi connectivity index (χ3n) is 4.91.